The molecule has 0 bridgehead atoms. The van der Waals surface area contributed by atoms with E-state index in [4.69, 9.17) is 10.7 Å². The van der Waals surface area contributed by atoms with Gasteiger partial charge in [-0.1, -0.05) is 0 Å². The van der Waals surface area contributed by atoms with Crippen molar-refractivity contribution in [3.05, 3.63) is 17.7 Å². The van der Waals surface area contributed by atoms with Gasteiger partial charge in [-0.15, -0.1) is 0 Å². The van der Waals surface area contributed by atoms with Gasteiger partial charge in [0, 0.05) is 49.4 Å². The molecule has 1 saturated heterocycles. The van der Waals surface area contributed by atoms with Crippen LogP contribution < -0.4 is 5.73 Å². The Kier molecular flexibility index (Phi) is 3.63. The molecule has 0 spiro atoms. The molecule has 1 aromatic heterocycles. The summed E-state index contributed by atoms with van der Waals surface area (Å²) in [6.45, 7) is 8.06. The van der Waals surface area contributed by atoms with Crippen LogP contribution in [0.25, 0.3) is 0 Å². The van der Waals surface area contributed by atoms with Crippen molar-refractivity contribution < 1.29 is 0 Å². The zero-order chi connectivity index (χ0) is 13.4. The van der Waals surface area contributed by atoms with E-state index < -0.39 is 0 Å². The normalized spacial score (nSPS) is 28.6. The van der Waals surface area contributed by atoms with Gasteiger partial charge in [0.1, 0.15) is 5.82 Å². The number of hydrogen-bond donors (Lipinski definition) is 1. The van der Waals surface area contributed by atoms with Crippen molar-refractivity contribution in [1.29, 1.82) is 0 Å². The molecule has 0 radical (unpaired) electrons. The van der Waals surface area contributed by atoms with Crippen LogP contribution in [0.15, 0.2) is 6.20 Å². The average molecular weight is 262 g/mol. The number of likely N-dealkylation sites (tertiary alicyclic amines) is 1. The first-order valence-corrected chi connectivity index (χ1v) is 7.69. The summed E-state index contributed by atoms with van der Waals surface area (Å²) in [4.78, 5) is 7.32. The highest BCUT2D eigenvalue weighted by atomic mass is 15.2. The molecule has 4 heteroatoms. The maximum Gasteiger partial charge on any atom is 0.113 e. The van der Waals surface area contributed by atoms with Crippen LogP contribution in [0.1, 0.15) is 50.5 Å². The molecule has 4 nitrogen and oxygen atoms in total. The van der Waals surface area contributed by atoms with Crippen molar-refractivity contribution in [2.24, 2.45) is 5.73 Å². The predicted molar refractivity (Wildman–Crippen MR) is 77.2 cm³/mol. The maximum atomic E-state index is 6.05. The third kappa shape index (κ3) is 2.56. The van der Waals surface area contributed by atoms with Crippen LogP contribution in [0, 0.1) is 0 Å². The van der Waals surface area contributed by atoms with Crippen molar-refractivity contribution >= 4 is 0 Å². The van der Waals surface area contributed by atoms with E-state index in [0.29, 0.717) is 18.0 Å². The van der Waals surface area contributed by atoms with E-state index >= 15 is 0 Å². The molecule has 3 heterocycles. The molecule has 19 heavy (non-hydrogen) atoms. The van der Waals surface area contributed by atoms with Gasteiger partial charge in [-0.05, 0) is 39.7 Å². The molecule has 0 amide bonds. The smallest absolute Gasteiger partial charge is 0.113 e. The lowest BCUT2D eigenvalue weighted by atomic mass is 9.95. The fraction of sp³-hybridized carbons (Fsp3) is 0.800. The van der Waals surface area contributed by atoms with Crippen LogP contribution in [-0.4, -0.2) is 39.6 Å². The highest BCUT2D eigenvalue weighted by Crippen LogP contribution is 2.29. The highest BCUT2D eigenvalue weighted by molar-refractivity contribution is 5.14. The molecule has 106 valence electrons. The lowest BCUT2D eigenvalue weighted by molar-refractivity contribution is 0.163. The number of imidazole rings is 1. The number of piperidine rings is 1. The minimum Gasteiger partial charge on any atom is -0.332 e. The summed E-state index contributed by atoms with van der Waals surface area (Å²) in [7, 11) is 0. The molecule has 2 atom stereocenters. The van der Waals surface area contributed by atoms with Gasteiger partial charge in [-0.25, -0.2) is 4.98 Å². The first kappa shape index (κ1) is 13.1. The van der Waals surface area contributed by atoms with Crippen molar-refractivity contribution in [3.8, 4) is 0 Å². The summed E-state index contributed by atoms with van der Waals surface area (Å²) in [6.07, 6.45) is 6.73. The van der Waals surface area contributed by atoms with Crippen molar-refractivity contribution in [2.75, 3.05) is 13.1 Å². The number of aromatic nitrogens is 2. The Balaban J connectivity index is 1.79. The molecule has 0 aliphatic carbocycles. The van der Waals surface area contributed by atoms with Gasteiger partial charge < -0.3 is 15.2 Å². The molecule has 1 fully saturated rings. The zero-order valence-corrected chi connectivity index (χ0v) is 12.2. The van der Waals surface area contributed by atoms with Crippen LogP contribution >= 0.6 is 0 Å². The Morgan fingerprint density at radius 1 is 1.32 bits per heavy atom. The summed E-state index contributed by atoms with van der Waals surface area (Å²) in [5.74, 6) is 1.92. The highest BCUT2D eigenvalue weighted by Gasteiger charge is 2.28. The Morgan fingerprint density at radius 3 is 2.95 bits per heavy atom. The van der Waals surface area contributed by atoms with Gasteiger partial charge in [0.15, 0.2) is 0 Å². The Hall–Kier alpha value is -0.870. The van der Waals surface area contributed by atoms with E-state index in [1.54, 1.807) is 0 Å². The first-order valence-electron chi connectivity index (χ1n) is 7.69. The van der Waals surface area contributed by atoms with Gasteiger partial charge in [0.2, 0.25) is 0 Å². The average Bonchev–Trinajstić information content (AvgIpc) is 2.81. The van der Waals surface area contributed by atoms with E-state index in [0.717, 1.165) is 19.4 Å². The largest absolute Gasteiger partial charge is 0.332 e. The minimum atomic E-state index is 0.329. The standard InChI is InChI=1S/C15H26N4/c1-11(2)18-6-3-4-12(10-18)15-17-9-14-8-13(16)5-7-19(14)15/h9,11-13H,3-8,10,16H2,1-2H3. The lowest BCUT2D eigenvalue weighted by Gasteiger charge is -2.35. The monoisotopic (exact) mass is 262 g/mol. The van der Waals surface area contributed by atoms with Gasteiger partial charge in [-0.3, -0.25) is 0 Å². The van der Waals surface area contributed by atoms with Crippen LogP contribution in [0.4, 0.5) is 0 Å². The maximum absolute atomic E-state index is 6.05. The molecule has 0 aromatic carbocycles. The van der Waals surface area contributed by atoms with Crippen LogP contribution in [0.3, 0.4) is 0 Å². The number of rotatable bonds is 2. The Morgan fingerprint density at radius 2 is 2.16 bits per heavy atom. The molecule has 2 N–H and O–H groups in total. The second-order valence-corrected chi connectivity index (χ2v) is 6.44. The van der Waals surface area contributed by atoms with Gasteiger partial charge >= 0.3 is 0 Å². The fourth-order valence-electron chi connectivity index (χ4n) is 3.53. The second-order valence-electron chi connectivity index (χ2n) is 6.44. The van der Waals surface area contributed by atoms with Crippen molar-refractivity contribution in [1.82, 2.24) is 14.5 Å². The fourth-order valence-corrected chi connectivity index (χ4v) is 3.53. The summed E-state index contributed by atoms with van der Waals surface area (Å²) in [5.41, 5.74) is 7.39. The van der Waals surface area contributed by atoms with Crippen LogP contribution in [0.5, 0.6) is 0 Å². The molecule has 3 rings (SSSR count). The molecule has 2 aliphatic rings. The molecule has 0 saturated carbocycles. The van der Waals surface area contributed by atoms with Gasteiger partial charge in [0.25, 0.3) is 0 Å². The number of nitrogens with zero attached hydrogens (tertiary/aromatic N) is 3. The first-order chi connectivity index (χ1) is 9.15. The van der Waals surface area contributed by atoms with Crippen molar-refractivity contribution in [3.63, 3.8) is 0 Å². The van der Waals surface area contributed by atoms with E-state index in [9.17, 15) is 0 Å². The van der Waals surface area contributed by atoms with E-state index in [1.165, 1.54) is 37.4 Å². The van der Waals surface area contributed by atoms with E-state index in [2.05, 4.69) is 29.5 Å². The lowest BCUT2D eigenvalue weighted by Crippen LogP contribution is -2.40. The van der Waals surface area contributed by atoms with Gasteiger partial charge in [0.05, 0.1) is 0 Å². The molecular weight excluding hydrogens is 236 g/mol. The number of nitrogens with two attached hydrogens (primary N) is 1. The SMILES string of the molecule is CC(C)N1CCCC(c2ncc3n2CCC(N)C3)C1. The van der Waals surface area contributed by atoms with Crippen LogP contribution in [-0.2, 0) is 13.0 Å². The topological polar surface area (TPSA) is 47.1 Å². The number of fused-ring (bicyclic) bond motifs is 1. The predicted octanol–water partition coefficient (Wildman–Crippen LogP) is 1.74. The Labute approximate surface area is 116 Å². The third-order valence-electron chi connectivity index (χ3n) is 4.71. The van der Waals surface area contributed by atoms with Crippen molar-refractivity contribution in [2.45, 2.75) is 64.1 Å². The molecular formula is C15H26N4. The Bertz CT molecular complexity index is 437. The molecule has 2 aliphatic heterocycles. The third-order valence-corrected chi connectivity index (χ3v) is 4.71. The van der Waals surface area contributed by atoms with E-state index in [1.807, 2.05) is 0 Å². The zero-order valence-electron chi connectivity index (χ0n) is 12.2. The number of hydrogen-bond acceptors (Lipinski definition) is 3. The summed E-state index contributed by atoms with van der Waals surface area (Å²) in [6, 6.07) is 0.975. The second kappa shape index (κ2) is 5.25. The van der Waals surface area contributed by atoms with Gasteiger partial charge in [-0.2, -0.15) is 0 Å². The summed E-state index contributed by atoms with van der Waals surface area (Å²) < 4.78 is 2.44. The molecule has 1 aromatic rings. The molecule has 2 unspecified atom stereocenters. The summed E-state index contributed by atoms with van der Waals surface area (Å²) in [5, 5.41) is 0. The summed E-state index contributed by atoms with van der Waals surface area (Å²) >= 11 is 0. The minimum absolute atomic E-state index is 0.329. The van der Waals surface area contributed by atoms with E-state index in [-0.39, 0.29) is 0 Å². The van der Waals surface area contributed by atoms with Crippen LogP contribution in [0.2, 0.25) is 0 Å². The quantitative estimate of drug-likeness (QED) is 0.883.